The van der Waals surface area contributed by atoms with Crippen molar-refractivity contribution < 1.29 is 33.0 Å². The van der Waals surface area contributed by atoms with Crippen LogP contribution in [-0.4, -0.2) is 11.3 Å². The summed E-state index contributed by atoms with van der Waals surface area (Å²) in [5, 5.41) is 5.70. The van der Waals surface area contributed by atoms with Crippen LogP contribution in [0.15, 0.2) is 158 Å². The van der Waals surface area contributed by atoms with Gasteiger partial charge in [0.15, 0.2) is 0 Å². The molecule has 0 fully saturated rings. The van der Waals surface area contributed by atoms with Gasteiger partial charge in [-0.2, -0.15) is 12.2 Å². The standard InChI is InChI=1S/2C17H14P.2ClH.Fe.Pd/c2*1-3-9-15(10-4-1)18(17-13-7-8-14-17)16-11-5-2-6-12-16;;;;/h2*1-7,9-14,17H;2*1H;;/q2*-1;;;2*+2/p-2. The van der Waals surface area contributed by atoms with E-state index in [2.05, 4.69) is 158 Å². The summed E-state index contributed by atoms with van der Waals surface area (Å²) in [6.07, 6.45) is 19.4. The molecular weight excluding hydrogens is 703 g/mol. The van der Waals surface area contributed by atoms with Crippen molar-refractivity contribution >= 4 is 56.1 Å². The first-order valence-electron chi connectivity index (χ1n) is 12.4. The molecule has 0 aliphatic heterocycles. The van der Waals surface area contributed by atoms with E-state index in [4.69, 9.17) is 19.1 Å². The Morgan fingerprint density at radius 3 is 0.925 bits per heavy atom. The van der Waals surface area contributed by atoms with Crippen LogP contribution in [0.2, 0.25) is 0 Å². The van der Waals surface area contributed by atoms with Crippen LogP contribution in [-0.2, 0) is 33.0 Å². The molecule has 4 aromatic carbocycles. The third-order valence-corrected chi connectivity index (χ3v) is 11.3. The molecule has 0 radical (unpaired) electrons. The molecule has 206 valence electrons. The van der Waals surface area contributed by atoms with Crippen LogP contribution in [0.1, 0.15) is 0 Å². The summed E-state index contributed by atoms with van der Waals surface area (Å²) in [6.45, 7) is 0. The molecule has 6 heteroatoms. The zero-order valence-electron chi connectivity index (χ0n) is 21.5. The number of hydrogen-bond acceptors (Lipinski definition) is 0. The summed E-state index contributed by atoms with van der Waals surface area (Å²) in [7, 11) is 8.91. The monoisotopic (exact) mass is 730 g/mol. The molecule has 0 saturated carbocycles. The van der Waals surface area contributed by atoms with E-state index in [-0.39, 0.29) is 48.9 Å². The van der Waals surface area contributed by atoms with E-state index in [0.717, 1.165) is 0 Å². The fourth-order valence-electron chi connectivity index (χ4n) is 4.39. The molecule has 0 heterocycles. The molecule has 2 aliphatic rings. The maximum atomic E-state index is 4.81. The minimum atomic E-state index is -0.357. The number of benzene rings is 4. The van der Waals surface area contributed by atoms with Crippen LogP contribution in [0.25, 0.3) is 0 Å². The Morgan fingerprint density at radius 2 is 0.725 bits per heavy atom. The third kappa shape index (κ3) is 9.78. The zero-order valence-corrected chi connectivity index (χ0v) is 27.4. The second-order valence-corrected chi connectivity index (χ2v) is 15.6. The fourth-order valence-corrected chi connectivity index (χ4v) is 9.32. The molecule has 2 unspecified atom stereocenters. The van der Waals surface area contributed by atoms with Gasteiger partial charge in [0.1, 0.15) is 0 Å². The van der Waals surface area contributed by atoms with Crippen LogP contribution in [0, 0.1) is 12.2 Å². The van der Waals surface area contributed by atoms with Crippen LogP contribution < -0.4 is 21.2 Å². The molecule has 40 heavy (non-hydrogen) atoms. The van der Waals surface area contributed by atoms with Gasteiger partial charge in [0.25, 0.3) is 0 Å². The molecule has 0 amide bonds. The third-order valence-electron chi connectivity index (χ3n) is 6.05. The number of halogens is 2. The molecule has 0 saturated heterocycles. The normalized spacial score (nSPS) is 16.3. The molecule has 0 nitrogen and oxygen atoms in total. The number of hydrogen-bond donors (Lipinski definition) is 0. The van der Waals surface area contributed by atoms with E-state index in [1.54, 1.807) is 0 Å². The second-order valence-electron chi connectivity index (χ2n) is 8.49. The Hall–Kier alpha value is -1.54. The van der Waals surface area contributed by atoms with Gasteiger partial charge in [-0.05, 0) is 21.2 Å². The number of allylic oxidation sites excluding steroid dienone is 8. The molecule has 0 N–H and O–H groups in total. The van der Waals surface area contributed by atoms with Crippen LogP contribution in [0.4, 0.5) is 0 Å². The van der Waals surface area contributed by atoms with Crippen molar-refractivity contribution in [1.29, 1.82) is 0 Å². The van der Waals surface area contributed by atoms with Gasteiger partial charge in [0.2, 0.25) is 0 Å². The quantitative estimate of drug-likeness (QED) is 0.107. The smallest absolute Gasteiger partial charge is 2.00 e. The average Bonchev–Trinajstić information content (AvgIpc) is 3.72. The Morgan fingerprint density at radius 1 is 0.475 bits per heavy atom. The Bertz CT molecular complexity index is 1150. The van der Waals surface area contributed by atoms with Gasteiger partial charge in [-0.15, -0.1) is 0 Å². The van der Waals surface area contributed by atoms with Crippen LogP contribution in [0.5, 0.6) is 0 Å². The first-order chi connectivity index (χ1) is 19.3. The molecule has 2 atom stereocenters. The van der Waals surface area contributed by atoms with Crippen LogP contribution >= 0.6 is 34.9 Å². The Kier molecular flexibility index (Phi) is 15.5. The Balaban J connectivity index is 0.000000197. The molecule has 2 aliphatic carbocycles. The molecule has 0 bridgehead atoms. The first-order valence-corrected chi connectivity index (χ1v) is 19.3. The van der Waals surface area contributed by atoms with Gasteiger partial charge in [-0.1, -0.05) is 148 Å². The van der Waals surface area contributed by atoms with E-state index in [0.29, 0.717) is 11.3 Å². The summed E-state index contributed by atoms with van der Waals surface area (Å²) in [5.74, 6) is 0. The topological polar surface area (TPSA) is 0 Å². The van der Waals surface area contributed by atoms with Crippen molar-refractivity contribution in [2.45, 2.75) is 11.3 Å². The predicted molar refractivity (Wildman–Crippen MR) is 171 cm³/mol. The second kappa shape index (κ2) is 18.8. The van der Waals surface area contributed by atoms with Gasteiger partial charge in [0.05, 0.1) is 0 Å². The maximum Gasteiger partial charge on any atom is 2.00 e. The zero-order chi connectivity index (χ0) is 27.1. The maximum absolute atomic E-state index is 4.81. The minimum Gasteiger partial charge on any atom is 2.00 e. The van der Waals surface area contributed by atoms with Crippen molar-refractivity contribution in [1.82, 2.24) is 0 Å². The Labute approximate surface area is 268 Å². The van der Waals surface area contributed by atoms with E-state index in [9.17, 15) is 0 Å². The number of rotatable bonds is 6. The minimum absolute atomic E-state index is 0. The van der Waals surface area contributed by atoms with Crippen molar-refractivity contribution in [2.24, 2.45) is 0 Å². The average molecular weight is 732 g/mol. The van der Waals surface area contributed by atoms with Gasteiger partial charge in [-0.3, -0.25) is 12.2 Å². The van der Waals surface area contributed by atoms with Gasteiger partial charge in [-0.25, -0.2) is 24.3 Å². The van der Waals surface area contributed by atoms with Crippen molar-refractivity contribution in [3.8, 4) is 0 Å². The van der Waals surface area contributed by atoms with E-state index in [1.807, 2.05) is 12.2 Å². The fraction of sp³-hybridized carbons (Fsp3) is 0.0588. The summed E-state index contributed by atoms with van der Waals surface area (Å²) in [6, 6.07) is 43.2. The molecule has 0 aromatic heterocycles. The summed E-state index contributed by atoms with van der Waals surface area (Å²) >= 11 is -0.106. The van der Waals surface area contributed by atoms with Gasteiger partial charge >= 0.3 is 52.1 Å². The van der Waals surface area contributed by atoms with Gasteiger partial charge in [0, 0.05) is 0 Å². The first kappa shape index (κ1) is 33.0. The predicted octanol–water partition coefficient (Wildman–Crippen LogP) is 8.21. The van der Waals surface area contributed by atoms with E-state index >= 15 is 0 Å². The van der Waals surface area contributed by atoms with E-state index < -0.39 is 0 Å². The van der Waals surface area contributed by atoms with Crippen molar-refractivity contribution in [3.05, 3.63) is 170 Å². The largest absolute Gasteiger partial charge is 2.00 e. The summed E-state index contributed by atoms with van der Waals surface area (Å²) in [5.41, 5.74) is 0.953. The molecular formula is C34H28Cl2FeP2Pd. The van der Waals surface area contributed by atoms with Crippen molar-refractivity contribution in [2.75, 3.05) is 0 Å². The van der Waals surface area contributed by atoms with E-state index in [1.165, 1.54) is 21.2 Å². The molecule has 4 aromatic rings. The molecule has 0 spiro atoms. The summed E-state index contributed by atoms with van der Waals surface area (Å²) < 4.78 is 0. The van der Waals surface area contributed by atoms with Crippen LogP contribution in [0.3, 0.4) is 0 Å². The van der Waals surface area contributed by atoms with Gasteiger partial charge < -0.3 is 0 Å². The summed E-state index contributed by atoms with van der Waals surface area (Å²) in [4.78, 5) is 0. The van der Waals surface area contributed by atoms with Crippen molar-refractivity contribution in [3.63, 3.8) is 0 Å². The SMILES string of the molecule is [C-]1=CC(P(c2ccccc2)c2ccccc2)C=C1.[C-]1=CC(P(c2ccccc2)c2ccccc2)C=C1.[Cl][Pd][Cl].[Fe+2]. The molecule has 6 rings (SSSR count).